The van der Waals surface area contributed by atoms with E-state index in [0.717, 1.165) is 12.1 Å². The zero-order chi connectivity index (χ0) is 11.7. The molecule has 0 saturated carbocycles. The summed E-state index contributed by atoms with van der Waals surface area (Å²) in [6.45, 7) is 0. The zero-order valence-electron chi connectivity index (χ0n) is 8.08. The Morgan fingerprint density at radius 1 is 1.12 bits per heavy atom. The van der Waals surface area contributed by atoms with Crippen LogP contribution in [0.2, 0.25) is 5.22 Å². The highest BCUT2D eigenvalue weighted by molar-refractivity contribution is 6.28. The van der Waals surface area contributed by atoms with E-state index in [-0.39, 0.29) is 16.5 Å². The van der Waals surface area contributed by atoms with Crippen LogP contribution in [-0.4, -0.2) is 0 Å². The number of benzene rings is 1. The summed E-state index contributed by atoms with van der Waals surface area (Å²) in [5, 5.41) is 0.127. The van der Waals surface area contributed by atoms with Gasteiger partial charge in [0.05, 0.1) is 6.04 Å². The van der Waals surface area contributed by atoms with Crippen LogP contribution in [0, 0.1) is 11.6 Å². The minimum absolute atomic E-state index is 0.127. The number of halogens is 3. The van der Waals surface area contributed by atoms with Crippen LogP contribution in [0.4, 0.5) is 8.78 Å². The number of hydrogen-bond acceptors (Lipinski definition) is 2. The van der Waals surface area contributed by atoms with E-state index in [0.29, 0.717) is 0 Å². The van der Waals surface area contributed by atoms with Gasteiger partial charge in [-0.1, -0.05) is 6.07 Å². The summed E-state index contributed by atoms with van der Waals surface area (Å²) in [4.78, 5) is 0. The van der Waals surface area contributed by atoms with Crippen molar-refractivity contribution < 1.29 is 13.2 Å². The van der Waals surface area contributed by atoms with Crippen LogP contribution in [0.1, 0.15) is 17.4 Å². The molecule has 1 aromatic heterocycles. The monoisotopic (exact) mass is 243 g/mol. The van der Waals surface area contributed by atoms with E-state index in [1.807, 2.05) is 0 Å². The molecule has 1 heterocycles. The Balaban J connectivity index is 2.45. The number of rotatable bonds is 2. The lowest BCUT2D eigenvalue weighted by molar-refractivity contribution is 0.467. The number of nitrogens with two attached hydrogens (primary N) is 1. The van der Waals surface area contributed by atoms with Crippen molar-refractivity contribution in [3.8, 4) is 0 Å². The molecule has 5 heteroatoms. The van der Waals surface area contributed by atoms with E-state index in [4.69, 9.17) is 21.8 Å². The Hall–Kier alpha value is -1.39. The van der Waals surface area contributed by atoms with Crippen LogP contribution in [-0.2, 0) is 0 Å². The molecule has 2 aromatic rings. The Kier molecular flexibility index (Phi) is 2.94. The summed E-state index contributed by atoms with van der Waals surface area (Å²) in [6, 6.07) is 5.50. The molecular weight excluding hydrogens is 236 g/mol. The molecule has 0 radical (unpaired) electrons. The molecule has 0 saturated heterocycles. The van der Waals surface area contributed by atoms with Gasteiger partial charge in [0.15, 0.2) is 5.22 Å². The summed E-state index contributed by atoms with van der Waals surface area (Å²) in [6.07, 6.45) is 0. The highest BCUT2D eigenvalue weighted by Crippen LogP contribution is 2.27. The molecule has 0 aliphatic rings. The van der Waals surface area contributed by atoms with Crippen molar-refractivity contribution in [3.05, 3.63) is 58.5 Å². The van der Waals surface area contributed by atoms with Gasteiger partial charge < -0.3 is 10.2 Å². The maximum absolute atomic E-state index is 13.4. The van der Waals surface area contributed by atoms with E-state index >= 15 is 0 Å². The Bertz CT molecular complexity index is 492. The molecule has 1 unspecified atom stereocenters. The van der Waals surface area contributed by atoms with Crippen molar-refractivity contribution in [3.63, 3.8) is 0 Å². The molecule has 1 atom stereocenters. The first-order valence-corrected chi connectivity index (χ1v) is 4.92. The first kappa shape index (κ1) is 11.1. The van der Waals surface area contributed by atoms with Gasteiger partial charge in [0.25, 0.3) is 0 Å². The quantitative estimate of drug-likeness (QED) is 0.879. The molecule has 0 amide bonds. The van der Waals surface area contributed by atoms with Crippen molar-refractivity contribution in [2.24, 2.45) is 5.73 Å². The third-order valence-electron chi connectivity index (χ3n) is 2.21. The van der Waals surface area contributed by atoms with Gasteiger partial charge in [0, 0.05) is 5.56 Å². The zero-order valence-corrected chi connectivity index (χ0v) is 8.84. The molecule has 1 aromatic carbocycles. The second-order valence-electron chi connectivity index (χ2n) is 3.25. The molecule has 2 N–H and O–H groups in total. The van der Waals surface area contributed by atoms with E-state index in [1.165, 1.54) is 18.2 Å². The van der Waals surface area contributed by atoms with Crippen molar-refractivity contribution in [2.75, 3.05) is 0 Å². The highest BCUT2D eigenvalue weighted by Gasteiger charge is 2.20. The van der Waals surface area contributed by atoms with Crippen molar-refractivity contribution >= 4 is 11.6 Å². The predicted octanol–water partition coefficient (Wildman–Crippen LogP) is 3.26. The van der Waals surface area contributed by atoms with Gasteiger partial charge in [-0.25, -0.2) is 8.78 Å². The first-order chi connectivity index (χ1) is 7.59. The lowest BCUT2D eigenvalue weighted by Gasteiger charge is -2.10. The standard InChI is InChI=1S/C11H8ClF2NO/c12-9-5-4-8(16-9)11(15)10-6(13)2-1-3-7(10)14/h1-5,11H,15H2. The smallest absolute Gasteiger partial charge is 0.193 e. The average molecular weight is 244 g/mol. The number of furan rings is 1. The summed E-state index contributed by atoms with van der Waals surface area (Å²) >= 11 is 5.56. The van der Waals surface area contributed by atoms with Crippen LogP contribution < -0.4 is 5.73 Å². The van der Waals surface area contributed by atoms with E-state index < -0.39 is 17.7 Å². The fraction of sp³-hybridized carbons (Fsp3) is 0.0909. The molecule has 0 spiro atoms. The summed E-state index contributed by atoms with van der Waals surface area (Å²) < 4.78 is 31.8. The van der Waals surface area contributed by atoms with E-state index in [9.17, 15) is 8.78 Å². The van der Waals surface area contributed by atoms with Crippen LogP contribution in [0.25, 0.3) is 0 Å². The van der Waals surface area contributed by atoms with Crippen molar-refractivity contribution in [2.45, 2.75) is 6.04 Å². The van der Waals surface area contributed by atoms with Gasteiger partial charge >= 0.3 is 0 Å². The summed E-state index contributed by atoms with van der Waals surface area (Å²) in [5.74, 6) is -1.20. The first-order valence-electron chi connectivity index (χ1n) is 4.54. The Morgan fingerprint density at radius 2 is 1.75 bits per heavy atom. The minimum atomic E-state index is -1.01. The molecule has 0 fully saturated rings. The third-order valence-corrected chi connectivity index (χ3v) is 2.41. The molecular formula is C11H8ClF2NO. The lowest BCUT2D eigenvalue weighted by Crippen LogP contribution is -2.14. The highest BCUT2D eigenvalue weighted by atomic mass is 35.5. The van der Waals surface area contributed by atoms with Gasteiger partial charge in [0.2, 0.25) is 0 Å². The molecule has 16 heavy (non-hydrogen) atoms. The molecule has 0 bridgehead atoms. The second kappa shape index (κ2) is 4.23. The van der Waals surface area contributed by atoms with Crippen molar-refractivity contribution in [1.29, 1.82) is 0 Å². The lowest BCUT2D eigenvalue weighted by atomic mass is 10.0. The number of hydrogen-bond donors (Lipinski definition) is 1. The van der Waals surface area contributed by atoms with Gasteiger partial charge in [-0.2, -0.15) is 0 Å². The van der Waals surface area contributed by atoms with Gasteiger partial charge in [0.1, 0.15) is 17.4 Å². The molecule has 0 aliphatic carbocycles. The van der Waals surface area contributed by atoms with Crippen LogP contribution in [0.5, 0.6) is 0 Å². The van der Waals surface area contributed by atoms with Crippen LogP contribution in [0.3, 0.4) is 0 Å². The molecule has 2 nitrogen and oxygen atoms in total. The maximum atomic E-state index is 13.4. The Morgan fingerprint density at radius 3 is 2.25 bits per heavy atom. The van der Waals surface area contributed by atoms with Gasteiger partial charge in [-0.15, -0.1) is 0 Å². The van der Waals surface area contributed by atoms with E-state index in [2.05, 4.69) is 0 Å². The van der Waals surface area contributed by atoms with Gasteiger partial charge in [-0.3, -0.25) is 0 Å². The second-order valence-corrected chi connectivity index (χ2v) is 3.63. The Labute approximate surface area is 95.6 Å². The SMILES string of the molecule is NC(c1ccc(Cl)o1)c1c(F)cccc1F. The predicted molar refractivity (Wildman–Crippen MR) is 56.1 cm³/mol. The molecule has 2 rings (SSSR count). The van der Waals surface area contributed by atoms with Crippen LogP contribution in [0.15, 0.2) is 34.7 Å². The minimum Gasteiger partial charge on any atom is -0.448 e. The largest absolute Gasteiger partial charge is 0.448 e. The normalized spacial score (nSPS) is 12.8. The fourth-order valence-electron chi connectivity index (χ4n) is 1.45. The average Bonchev–Trinajstić information content (AvgIpc) is 2.64. The van der Waals surface area contributed by atoms with Crippen molar-refractivity contribution in [1.82, 2.24) is 0 Å². The van der Waals surface area contributed by atoms with E-state index in [1.54, 1.807) is 0 Å². The summed E-state index contributed by atoms with van der Waals surface area (Å²) in [7, 11) is 0. The molecule has 0 aliphatic heterocycles. The fourth-order valence-corrected chi connectivity index (χ4v) is 1.60. The van der Waals surface area contributed by atoms with Gasteiger partial charge in [-0.05, 0) is 35.9 Å². The maximum Gasteiger partial charge on any atom is 0.193 e. The molecule has 84 valence electrons. The van der Waals surface area contributed by atoms with Crippen LogP contribution >= 0.6 is 11.6 Å². The topological polar surface area (TPSA) is 39.2 Å². The summed E-state index contributed by atoms with van der Waals surface area (Å²) in [5.41, 5.74) is 5.47. The third kappa shape index (κ3) is 1.94.